The third-order valence-electron chi connectivity index (χ3n) is 9.95. The molecule has 0 spiro atoms. The Labute approximate surface area is 391 Å². The van der Waals surface area contributed by atoms with Crippen LogP contribution < -0.4 is 8.92 Å². The molecule has 5 aromatic rings. The third kappa shape index (κ3) is 13.5. The van der Waals surface area contributed by atoms with E-state index in [9.17, 15) is 26.9 Å². The summed E-state index contributed by atoms with van der Waals surface area (Å²) in [6.07, 6.45) is -4.37. The standard InChI is InChI=1S/C27H36N2.C18H13F5NO4S.C2H4O2.CF3.Au/c1-18(2)22-11-9-12-23(19(3)4)26(22)28-15-16-29(17-28)27-24(20(5)6)13-10-14-25(27)21(7)8;19-17(20)8-3-9-29(25,26)28-13-5-1-4-12(10-13)27-16-7-2-6-15(14(16)11-24)18(21,22)23;1-2(3)4;2-1(3)4;/h9-16,18-21H,1-8H3;1-2,4-7,10H,3,8-9H2;1H3,(H,3,4);;. The summed E-state index contributed by atoms with van der Waals surface area (Å²) in [5.41, 5.74) is 1.39. The topological polar surface area (TPSA) is 124 Å². The van der Waals surface area contributed by atoms with Crippen molar-refractivity contribution in [3.8, 4) is 34.7 Å². The second-order valence-corrected chi connectivity index (χ2v) is 23.6. The molecule has 1 N–H and O–H groups in total. The van der Waals surface area contributed by atoms with Crippen molar-refractivity contribution in [3.63, 3.8) is 0 Å². The Balaban J connectivity index is 0.00000235. The molecule has 0 radical (unpaired) electrons. The van der Waals surface area contributed by atoms with E-state index in [0.29, 0.717) is 39.7 Å². The van der Waals surface area contributed by atoms with Gasteiger partial charge >= 0.3 is 328 Å². The summed E-state index contributed by atoms with van der Waals surface area (Å²) in [5, 5.41) is 16.8. The molecule has 0 aliphatic carbocycles. The number of ether oxygens (including phenoxy) is 1. The number of carbonyl (C=O) groups is 1. The zero-order chi connectivity index (χ0) is 50.4. The SMILES string of the molecule is CC(=O)O.CC(C)c1cccc(C(C)C)c1-n1ccn(-c2c(C(C)C)cccc2C(C)C)[c]1=[Au]([C](F)(F)F)[C](F)(F)CCCS(=O)(=O)Oc1cccc(Oc2cccc(C(F)(F)F)c2C#N)c1. The molecule has 0 amide bonds. The molecule has 0 fully saturated rings. The zero-order valence-corrected chi connectivity index (χ0v) is 41.1. The first-order chi connectivity index (χ1) is 31.0. The Hall–Kier alpha value is -5.22. The van der Waals surface area contributed by atoms with E-state index in [-0.39, 0.29) is 29.4 Å². The summed E-state index contributed by atoms with van der Waals surface area (Å²) >= 11 is -5.68. The summed E-state index contributed by atoms with van der Waals surface area (Å²) in [6, 6.07) is 19.6. The maximum absolute atomic E-state index is 17.0. The number of carboxylic acid groups (broad SMARTS) is 1. The van der Waals surface area contributed by atoms with Gasteiger partial charge in [-0.2, -0.15) is 18.4 Å². The fourth-order valence-electron chi connectivity index (χ4n) is 7.09. The summed E-state index contributed by atoms with van der Waals surface area (Å²) in [6.45, 7) is 16.1. The number of aliphatic carboxylic acids is 1. The number of nitriles is 1. The molecule has 1 aromatic heterocycles. The van der Waals surface area contributed by atoms with Gasteiger partial charge in [-0.15, -0.1) is 0 Å². The molecule has 0 aliphatic rings. The number of imidazole rings is 1. The second-order valence-electron chi connectivity index (χ2n) is 16.5. The van der Waals surface area contributed by atoms with Crippen molar-refractivity contribution in [2.24, 2.45) is 0 Å². The first-order valence-corrected chi connectivity index (χ1v) is 25.8. The van der Waals surface area contributed by atoms with Crippen LogP contribution in [0.25, 0.3) is 11.4 Å². The van der Waals surface area contributed by atoms with Crippen molar-refractivity contribution in [1.82, 2.24) is 9.13 Å². The van der Waals surface area contributed by atoms with Crippen molar-refractivity contribution >= 4 is 16.1 Å². The summed E-state index contributed by atoms with van der Waals surface area (Å²) in [5.74, 6) is -3.83. The third-order valence-corrected chi connectivity index (χ3v) is 16.6. The van der Waals surface area contributed by atoms with Crippen molar-refractivity contribution in [2.45, 2.75) is 114 Å². The van der Waals surface area contributed by atoms with Gasteiger partial charge in [-0.05, 0) is 6.07 Å². The Kier molecular flexibility index (Phi) is 17.7. The maximum atomic E-state index is 17.0. The second kappa shape index (κ2) is 21.8. The van der Waals surface area contributed by atoms with Crippen LogP contribution in [0.5, 0.6) is 17.2 Å². The number of nitrogens with zero attached hydrogens (tertiary/aromatic N) is 3. The van der Waals surface area contributed by atoms with Gasteiger partial charge in [0.05, 0.1) is 5.56 Å². The average Bonchev–Trinajstić information content (AvgIpc) is 3.61. The molecule has 9 nitrogen and oxygen atoms in total. The number of hydrogen-bond donors (Lipinski definition) is 1. The Morgan fingerprint density at radius 3 is 1.54 bits per heavy atom. The number of rotatable bonds is 15. The van der Waals surface area contributed by atoms with Gasteiger partial charge in [0.1, 0.15) is 6.07 Å². The van der Waals surface area contributed by atoms with Crippen LogP contribution in [0, 0.1) is 15.0 Å². The molecule has 19 heteroatoms. The summed E-state index contributed by atoms with van der Waals surface area (Å²) in [4.78, 5) is 9.00. The van der Waals surface area contributed by atoms with Gasteiger partial charge < -0.3 is 5.11 Å². The van der Waals surface area contributed by atoms with E-state index in [4.69, 9.17) is 18.8 Å². The van der Waals surface area contributed by atoms with Crippen LogP contribution in [0.1, 0.15) is 132 Å². The fraction of sp³-hybridized carbons (Fsp3) is 0.396. The number of benzene rings is 4. The summed E-state index contributed by atoms with van der Waals surface area (Å²) < 4.78 is 151. The van der Waals surface area contributed by atoms with Gasteiger partial charge in [-0.25, -0.2) is 0 Å². The number of hydrogen-bond acceptors (Lipinski definition) is 6. The van der Waals surface area contributed by atoms with Gasteiger partial charge in [0.15, 0.2) is 0 Å². The number of aromatic nitrogens is 2. The van der Waals surface area contributed by atoms with Crippen LogP contribution in [0.4, 0.5) is 35.1 Å². The van der Waals surface area contributed by atoms with E-state index in [2.05, 4.69) is 0 Å². The van der Waals surface area contributed by atoms with E-state index in [1.807, 2.05) is 55.4 Å². The molecule has 369 valence electrons. The van der Waals surface area contributed by atoms with E-state index >= 15 is 22.0 Å². The molecule has 4 aromatic carbocycles. The van der Waals surface area contributed by atoms with E-state index in [0.717, 1.165) is 31.2 Å². The minimum absolute atomic E-state index is 0.197. The number of carboxylic acids is 1. The molecule has 5 rings (SSSR count). The molecule has 0 aliphatic heterocycles. The van der Waals surface area contributed by atoms with Crippen LogP contribution in [-0.4, -0.2) is 42.9 Å². The van der Waals surface area contributed by atoms with Gasteiger partial charge in [-0.3, -0.25) is 4.79 Å². The van der Waals surface area contributed by atoms with Crippen molar-refractivity contribution in [3.05, 3.63) is 128 Å². The normalized spacial score (nSPS) is 12.6. The monoisotopic (exact) mass is 1150 g/mol. The predicted molar refractivity (Wildman–Crippen MR) is 235 cm³/mol. The average molecular weight is 1150 g/mol. The molecule has 0 unspecified atom stereocenters. The number of para-hydroxylation sites is 2. The van der Waals surface area contributed by atoms with Crippen LogP contribution in [-0.2, 0) is 39.1 Å². The molecule has 0 saturated heterocycles. The first-order valence-electron chi connectivity index (χ1n) is 20.9. The van der Waals surface area contributed by atoms with Crippen molar-refractivity contribution < 1.29 is 80.3 Å². The Morgan fingerprint density at radius 2 is 1.13 bits per heavy atom. The fourth-order valence-corrected chi connectivity index (χ4v) is 13.0. The quantitative estimate of drug-likeness (QED) is 0.0629. The molecule has 0 bridgehead atoms. The Morgan fingerprint density at radius 1 is 0.716 bits per heavy atom. The molecule has 0 saturated carbocycles. The molecular formula is C48H53AuF8N3O6S. The van der Waals surface area contributed by atoms with Crippen LogP contribution in [0.3, 0.4) is 0 Å². The van der Waals surface area contributed by atoms with Crippen molar-refractivity contribution in [2.75, 3.05) is 5.75 Å². The minimum atomic E-state index is -5.68. The molecule has 67 heavy (non-hydrogen) atoms. The van der Waals surface area contributed by atoms with Crippen LogP contribution in [0.15, 0.2) is 91.3 Å². The van der Waals surface area contributed by atoms with Gasteiger partial charge in [0.25, 0.3) is 5.97 Å². The van der Waals surface area contributed by atoms with Crippen LogP contribution in [0.2, 0.25) is 0 Å². The number of halogens is 8. The van der Waals surface area contributed by atoms with Gasteiger partial charge in [0.2, 0.25) is 0 Å². The number of alkyl halides is 8. The van der Waals surface area contributed by atoms with Crippen molar-refractivity contribution in [1.29, 1.82) is 5.26 Å². The predicted octanol–water partition coefficient (Wildman–Crippen LogP) is 14.0. The molecule has 0 atom stereocenters. The van der Waals surface area contributed by atoms with E-state index < -0.39 is 93.6 Å². The first kappa shape index (κ1) is 54.4. The van der Waals surface area contributed by atoms with Gasteiger partial charge in [-0.1, -0.05) is 6.07 Å². The van der Waals surface area contributed by atoms with E-state index in [1.54, 1.807) is 36.4 Å². The van der Waals surface area contributed by atoms with E-state index in [1.165, 1.54) is 39.7 Å². The van der Waals surface area contributed by atoms with Gasteiger partial charge in [0, 0.05) is 6.92 Å². The molecular weight excluding hydrogens is 1100 g/mol. The van der Waals surface area contributed by atoms with Crippen LogP contribution >= 0.6 is 0 Å². The zero-order valence-electron chi connectivity index (χ0n) is 38.2. The molecule has 1 heterocycles. The Bertz CT molecular complexity index is 2650. The summed E-state index contributed by atoms with van der Waals surface area (Å²) in [7, 11) is -4.73.